The molecule has 3 heterocycles. The molecule has 5 nitrogen and oxygen atoms in total. The van der Waals surface area contributed by atoms with Crippen molar-refractivity contribution in [2.45, 2.75) is 18.9 Å². The number of halogens is 1. The molecule has 1 saturated heterocycles. The van der Waals surface area contributed by atoms with E-state index in [0.717, 1.165) is 12.8 Å². The summed E-state index contributed by atoms with van der Waals surface area (Å²) in [5, 5.41) is 0.588. The van der Waals surface area contributed by atoms with Crippen molar-refractivity contribution in [1.29, 1.82) is 0 Å². The van der Waals surface area contributed by atoms with Crippen molar-refractivity contribution in [2.75, 3.05) is 13.1 Å². The normalized spacial score (nSPS) is 15.6. The van der Waals surface area contributed by atoms with Crippen LogP contribution in [0.1, 0.15) is 23.2 Å². The number of aromatic nitrogens is 2. The molecule has 0 spiro atoms. The zero-order valence-electron chi connectivity index (χ0n) is 12.0. The first-order valence-electron chi connectivity index (χ1n) is 7.20. The lowest BCUT2D eigenvalue weighted by atomic mass is 10.1. The number of pyridine rings is 2. The molecule has 0 saturated carbocycles. The van der Waals surface area contributed by atoms with Gasteiger partial charge in [-0.2, -0.15) is 0 Å². The van der Waals surface area contributed by atoms with Gasteiger partial charge in [0.2, 0.25) is 5.88 Å². The maximum absolute atomic E-state index is 12.3. The Morgan fingerprint density at radius 1 is 1.18 bits per heavy atom. The van der Waals surface area contributed by atoms with Gasteiger partial charge < -0.3 is 9.64 Å². The number of likely N-dealkylation sites (tertiary alicyclic amines) is 1. The molecule has 2 aromatic heterocycles. The minimum absolute atomic E-state index is 0.0467. The van der Waals surface area contributed by atoms with Gasteiger partial charge in [0, 0.05) is 56.2 Å². The maximum atomic E-state index is 12.3. The molecule has 114 valence electrons. The number of ether oxygens (including phenoxy) is 1. The lowest BCUT2D eigenvalue weighted by Crippen LogP contribution is -2.41. The van der Waals surface area contributed by atoms with Crippen molar-refractivity contribution >= 4 is 17.5 Å². The molecule has 0 atom stereocenters. The van der Waals surface area contributed by atoms with E-state index in [4.69, 9.17) is 16.3 Å². The standard InChI is InChI=1S/C16H16ClN3O2/c17-13-1-2-15(19-11-13)22-14-5-9-20(10-6-14)16(21)12-3-7-18-8-4-12/h1-4,7-8,11,14H,5-6,9-10H2. The van der Waals surface area contributed by atoms with Crippen LogP contribution >= 0.6 is 11.6 Å². The summed E-state index contributed by atoms with van der Waals surface area (Å²) in [5.74, 6) is 0.619. The topological polar surface area (TPSA) is 55.3 Å². The molecular weight excluding hydrogens is 302 g/mol. The van der Waals surface area contributed by atoms with E-state index in [1.54, 1.807) is 42.9 Å². The second-order valence-electron chi connectivity index (χ2n) is 5.16. The minimum atomic E-state index is 0.0467. The van der Waals surface area contributed by atoms with Gasteiger partial charge >= 0.3 is 0 Å². The third kappa shape index (κ3) is 3.54. The highest BCUT2D eigenvalue weighted by Gasteiger charge is 2.24. The predicted octanol–water partition coefficient (Wildman–Crippen LogP) is 2.81. The molecule has 3 rings (SSSR count). The van der Waals surface area contributed by atoms with Crippen LogP contribution in [0, 0.1) is 0 Å². The summed E-state index contributed by atoms with van der Waals surface area (Å²) in [6.45, 7) is 1.36. The van der Waals surface area contributed by atoms with Gasteiger partial charge in [-0.1, -0.05) is 11.6 Å². The van der Waals surface area contributed by atoms with Crippen LogP contribution in [0.4, 0.5) is 0 Å². The van der Waals surface area contributed by atoms with Gasteiger partial charge in [0.15, 0.2) is 0 Å². The Bertz CT molecular complexity index is 626. The number of piperidine rings is 1. The third-order valence-electron chi connectivity index (χ3n) is 3.64. The largest absolute Gasteiger partial charge is 0.474 e. The van der Waals surface area contributed by atoms with Crippen molar-refractivity contribution < 1.29 is 9.53 Å². The van der Waals surface area contributed by atoms with E-state index in [0.29, 0.717) is 29.6 Å². The fraction of sp³-hybridized carbons (Fsp3) is 0.312. The average molecular weight is 318 g/mol. The smallest absolute Gasteiger partial charge is 0.253 e. The van der Waals surface area contributed by atoms with Gasteiger partial charge in [0.05, 0.1) is 5.02 Å². The van der Waals surface area contributed by atoms with Crippen LogP contribution in [-0.4, -0.2) is 40.0 Å². The Morgan fingerprint density at radius 2 is 1.91 bits per heavy atom. The summed E-state index contributed by atoms with van der Waals surface area (Å²) >= 11 is 5.80. The molecule has 1 amide bonds. The van der Waals surface area contributed by atoms with E-state index in [-0.39, 0.29) is 12.0 Å². The SMILES string of the molecule is O=C(c1ccncc1)N1CCC(Oc2ccc(Cl)cn2)CC1. The van der Waals surface area contributed by atoms with Crippen LogP contribution in [0.2, 0.25) is 5.02 Å². The van der Waals surface area contributed by atoms with Crippen molar-refractivity contribution in [3.8, 4) is 5.88 Å². The maximum Gasteiger partial charge on any atom is 0.253 e. The van der Waals surface area contributed by atoms with Gasteiger partial charge in [0.25, 0.3) is 5.91 Å². The van der Waals surface area contributed by atoms with E-state index < -0.39 is 0 Å². The zero-order chi connectivity index (χ0) is 15.4. The highest BCUT2D eigenvalue weighted by Crippen LogP contribution is 2.19. The minimum Gasteiger partial charge on any atom is -0.474 e. The van der Waals surface area contributed by atoms with Gasteiger partial charge in [-0.05, 0) is 18.2 Å². The van der Waals surface area contributed by atoms with Crippen LogP contribution in [0.5, 0.6) is 5.88 Å². The van der Waals surface area contributed by atoms with Gasteiger partial charge in [-0.15, -0.1) is 0 Å². The molecule has 0 N–H and O–H groups in total. The first-order valence-corrected chi connectivity index (χ1v) is 7.58. The van der Waals surface area contributed by atoms with E-state index in [9.17, 15) is 4.79 Å². The third-order valence-corrected chi connectivity index (χ3v) is 3.87. The number of carbonyl (C=O) groups excluding carboxylic acids is 1. The second-order valence-corrected chi connectivity index (χ2v) is 5.60. The highest BCUT2D eigenvalue weighted by molar-refractivity contribution is 6.30. The fourth-order valence-corrected chi connectivity index (χ4v) is 2.57. The Morgan fingerprint density at radius 3 is 2.55 bits per heavy atom. The summed E-state index contributed by atoms with van der Waals surface area (Å²) in [5.41, 5.74) is 0.675. The molecule has 6 heteroatoms. The quantitative estimate of drug-likeness (QED) is 0.873. The summed E-state index contributed by atoms with van der Waals surface area (Å²) < 4.78 is 5.83. The Kier molecular flexibility index (Phi) is 4.53. The number of hydrogen-bond acceptors (Lipinski definition) is 4. The van der Waals surface area contributed by atoms with E-state index >= 15 is 0 Å². The molecule has 0 unspecified atom stereocenters. The van der Waals surface area contributed by atoms with Crippen molar-refractivity contribution in [1.82, 2.24) is 14.9 Å². The highest BCUT2D eigenvalue weighted by atomic mass is 35.5. The van der Waals surface area contributed by atoms with E-state index in [1.165, 1.54) is 0 Å². The summed E-state index contributed by atoms with van der Waals surface area (Å²) in [7, 11) is 0. The molecule has 0 radical (unpaired) electrons. The second kappa shape index (κ2) is 6.75. The van der Waals surface area contributed by atoms with E-state index in [2.05, 4.69) is 9.97 Å². The Hall–Kier alpha value is -2.14. The van der Waals surface area contributed by atoms with Gasteiger partial charge in [0.1, 0.15) is 6.10 Å². The predicted molar refractivity (Wildman–Crippen MR) is 83.0 cm³/mol. The summed E-state index contributed by atoms with van der Waals surface area (Å²) in [4.78, 5) is 22.2. The number of hydrogen-bond donors (Lipinski definition) is 0. The van der Waals surface area contributed by atoms with Crippen LogP contribution < -0.4 is 4.74 Å². The van der Waals surface area contributed by atoms with Gasteiger partial charge in [-0.25, -0.2) is 4.98 Å². The van der Waals surface area contributed by atoms with Crippen LogP contribution in [0.15, 0.2) is 42.9 Å². The molecule has 0 aliphatic carbocycles. The molecule has 22 heavy (non-hydrogen) atoms. The van der Waals surface area contributed by atoms with Crippen molar-refractivity contribution in [3.05, 3.63) is 53.4 Å². The molecule has 1 fully saturated rings. The van der Waals surface area contributed by atoms with E-state index in [1.807, 2.05) is 4.90 Å². The van der Waals surface area contributed by atoms with Crippen LogP contribution in [0.25, 0.3) is 0 Å². The lowest BCUT2D eigenvalue weighted by Gasteiger charge is -2.32. The molecule has 2 aromatic rings. The average Bonchev–Trinajstić information content (AvgIpc) is 2.58. The summed E-state index contributed by atoms with van der Waals surface area (Å²) in [6.07, 6.45) is 6.50. The first kappa shape index (κ1) is 14.8. The van der Waals surface area contributed by atoms with Crippen LogP contribution in [-0.2, 0) is 0 Å². The van der Waals surface area contributed by atoms with Crippen molar-refractivity contribution in [2.24, 2.45) is 0 Å². The van der Waals surface area contributed by atoms with Gasteiger partial charge in [-0.3, -0.25) is 9.78 Å². The Balaban J connectivity index is 1.54. The molecular formula is C16H16ClN3O2. The lowest BCUT2D eigenvalue weighted by molar-refractivity contribution is 0.0588. The number of amides is 1. The molecule has 0 aromatic carbocycles. The van der Waals surface area contributed by atoms with Crippen LogP contribution in [0.3, 0.4) is 0 Å². The molecule has 1 aliphatic rings. The van der Waals surface area contributed by atoms with Crippen molar-refractivity contribution in [3.63, 3.8) is 0 Å². The molecule has 0 bridgehead atoms. The molecule has 1 aliphatic heterocycles. The fourth-order valence-electron chi connectivity index (χ4n) is 2.46. The number of carbonyl (C=O) groups is 1. The number of rotatable bonds is 3. The zero-order valence-corrected chi connectivity index (χ0v) is 12.7. The Labute approximate surface area is 133 Å². The number of nitrogens with zero attached hydrogens (tertiary/aromatic N) is 3. The first-order chi connectivity index (χ1) is 10.7. The monoisotopic (exact) mass is 317 g/mol. The summed E-state index contributed by atoms with van der Waals surface area (Å²) in [6, 6.07) is 6.99.